The van der Waals surface area contributed by atoms with E-state index in [1.807, 2.05) is 0 Å². The van der Waals surface area contributed by atoms with Gasteiger partial charge in [0.1, 0.15) is 0 Å². The molecule has 19 heavy (non-hydrogen) atoms. The van der Waals surface area contributed by atoms with E-state index in [1.165, 1.54) is 29.5 Å². The molecule has 1 nitrogen and oxygen atoms in total. The Morgan fingerprint density at radius 2 is 1.63 bits per heavy atom. The van der Waals surface area contributed by atoms with Crippen LogP contribution in [0.15, 0.2) is 18.2 Å². The van der Waals surface area contributed by atoms with E-state index < -0.39 is 0 Å². The second kappa shape index (κ2) is 6.09. The van der Waals surface area contributed by atoms with Crippen LogP contribution in [0.3, 0.4) is 0 Å². The second-order valence-corrected chi connectivity index (χ2v) is 7.70. The molecule has 0 spiro atoms. The number of benzene rings is 1. The maximum Gasteiger partial charge on any atom is 0.00967 e. The van der Waals surface area contributed by atoms with Crippen LogP contribution in [0.5, 0.6) is 0 Å². The molecule has 1 aromatic rings. The van der Waals surface area contributed by atoms with Crippen molar-refractivity contribution in [3.05, 3.63) is 34.9 Å². The maximum atomic E-state index is 3.62. The molecule has 0 aliphatic rings. The Morgan fingerprint density at radius 3 is 2.16 bits per heavy atom. The molecule has 0 aromatic heterocycles. The molecule has 108 valence electrons. The summed E-state index contributed by atoms with van der Waals surface area (Å²) in [5.74, 6) is 0. The lowest BCUT2D eigenvalue weighted by molar-refractivity contribution is 0.273. The van der Waals surface area contributed by atoms with E-state index in [1.54, 1.807) is 0 Å². The summed E-state index contributed by atoms with van der Waals surface area (Å²) < 4.78 is 0. The van der Waals surface area contributed by atoms with Gasteiger partial charge in [-0.15, -0.1) is 0 Å². The van der Waals surface area contributed by atoms with E-state index in [-0.39, 0.29) is 5.54 Å². The highest BCUT2D eigenvalue weighted by Crippen LogP contribution is 2.24. The Morgan fingerprint density at radius 1 is 1.00 bits per heavy atom. The van der Waals surface area contributed by atoms with Gasteiger partial charge in [-0.2, -0.15) is 0 Å². The fourth-order valence-corrected chi connectivity index (χ4v) is 2.19. The molecule has 0 bridgehead atoms. The van der Waals surface area contributed by atoms with Gasteiger partial charge in [-0.3, -0.25) is 0 Å². The van der Waals surface area contributed by atoms with Crippen LogP contribution < -0.4 is 5.32 Å². The van der Waals surface area contributed by atoms with Crippen LogP contribution in [0.1, 0.15) is 57.7 Å². The zero-order chi connectivity index (χ0) is 14.7. The largest absolute Gasteiger partial charge is 0.312 e. The summed E-state index contributed by atoms with van der Waals surface area (Å²) in [5.41, 5.74) is 4.82. The van der Waals surface area contributed by atoms with Crippen molar-refractivity contribution in [2.75, 3.05) is 6.54 Å². The Balaban J connectivity index is 2.55. The number of hydrogen-bond acceptors (Lipinski definition) is 1. The van der Waals surface area contributed by atoms with Crippen molar-refractivity contribution in [2.45, 2.75) is 66.8 Å². The molecule has 1 rings (SSSR count). The van der Waals surface area contributed by atoms with Crippen molar-refractivity contribution >= 4 is 0 Å². The second-order valence-electron chi connectivity index (χ2n) is 7.70. The molecule has 1 heteroatoms. The first-order chi connectivity index (χ1) is 8.59. The standard InChI is InChI=1S/C18H31N/c1-14-8-9-16(15(2)12-14)10-11-18(6,7)13-19-17(3,4)5/h8-9,12,19H,10-11,13H2,1-7H3. The molecule has 0 atom stereocenters. The lowest BCUT2D eigenvalue weighted by Crippen LogP contribution is -2.42. The van der Waals surface area contributed by atoms with Crippen molar-refractivity contribution in [1.29, 1.82) is 0 Å². The molecule has 0 amide bonds. The van der Waals surface area contributed by atoms with Crippen LogP contribution in [-0.4, -0.2) is 12.1 Å². The van der Waals surface area contributed by atoms with Gasteiger partial charge < -0.3 is 5.32 Å². The van der Waals surface area contributed by atoms with Crippen LogP contribution in [0.2, 0.25) is 0 Å². The highest BCUT2D eigenvalue weighted by Gasteiger charge is 2.20. The number of aryl methyl sites for hydroxylation is 3. The fraction of sp³-hybridized carbons (Fsp3) is 0.667. The summed E-state index contributed by atoms with van der Waals surface area (Å²) >= 11 is 0. The average Bonchev–Trinajstić information content (AvgIpc) is 2.25. The number of rotatable bonds is 5. The number of nitrogens with one attached hydrogen (secondary N) is 1. The molecule has 0 saturated carbocycles. The number of hydrogen-bond donors (Lipinski definition) is 1. The van der Waals surface area contributed by atoms with E-state index in [2.05, 4.69) is 72.0 Å². The van der Waals surface area contributed by atoms with Crippen LogP contribution in [0.25, 0.3) is 0 Å². The van der Waals surface area contributed by atoms with Gasteiger partial charge in [-0.1, -0.05) is 37.6 Å². The molecule has 0 heterocycles. The molecule has 1 N–H and O–H groups in total. The fourth-order valence-electron chi connectivity index (χ4n) is 2.19. The average molecular weight is 261 g/mol. The molecule has 0 radical (unpaired) electrons. The van der Waals surface area contributed by atoms with E-state index in [9.17, 15) is 0 Å². The summed E-state index contributed by atoms with van der Waals surface area (Å²) in [6.07, 6.45) is 2.39. The van der Waals surface area contributed by atoms with E-state index in [4.69, 9.17) is 0 Å². The molecule has 1 aromatic carbocycles. The maximum absolute atomic E-state index is 3.62. The zero-order valence-electron chi connectivity index (χ0n) is 13.9. The summed E-state index contributed by atoms with van der Waals surface area (Å²) in [7, 11) is 0. The third-order valence-corrected chi connectivity index (χ3v) is 3.67. The van der Waals surface area contributed by atoms with Crippen LogP contribution in [0, 0.1) is 19.3 Å². The first kappa shape index (κ1) is 16.2. The van der Waals surface area contributed by atoms with E-state index in [0.29, 0.717) is 5.41 Å². The molecule has 0 aliphatic carbocycles. The van der Waals surface area contributed by atoms with Gasteiger partial charge in [-0.25, -0.2) is 0 Å². The minimum Gasteiger partial charge on any atom is -0.312 e. The Kier molecular flexibility index (Phi) is 5.20. The van der Waals surface area contributed by atoms with E-state index in [0.717, 1.165) is 6.54 Å². The van der Waals surface area contributed by atoms with Crippen molar-refractivity contribution < 1.29 is 0 Å². The first-order valence-corrected chi connectivity index (χ1v) is 7.40. The lowest BCUT2D eigenvalue weighted by Gasteiger charge is -2.30. The third-order valence-electron chi connectivity index (χ3n) is 3.67. The third kappa shape index (κ3) is 6.24. The lowest BCUT2D eigenvalue weighted by atomic mass is 9.84. The van der Waals surface area contributed by atoms with Crippen molar-refractivity contribution in [3.63, 3.8) is 0 Å². The van der Waals surface area contributed by atoms with Gasteiger partial charge in [0.2, 0.25) is 0 Å². The molecule has 0 fully saturated rings. The predicted molar refractivity (Wildman–Crippen MR) is 85.8 cm³/mol. The van der Waals surface area contributed by atoms with Crippen molar-refractivity contribution in [3.8, 4) is 0 Å². The van der Waals surface area contributed by atoms with Crippen LogP contribution in [-0.2, 0) is 6.42 Å². The quantitative estimate of drug-likeness (QED) is 0.813. The van der Waals surface area contributed by atoms with Gasteiger partial charge >= 0.3 is 0 Å². The minimum atomic E-state index is 0.205. The highest BCUT2D eigenvalue weighted by atomic mass is 14.9. The molecule has 0 aliphatic heterocycles. The van der Waals surface area contributed by atoms with Gasteiger partial charge in [0.05, 0.1) is 0 Å². The monoisotopic (exact) mass is 261 g/mol. The van der Waals surface area contributed by atoms with Gasteiger partial charge in [0.15, 0.2) is 0 Å². The van der Waals surface area contributed by atoms with Gasteiger partial charge in [-0.05, 0) is 64.0 Å². The predicted octanol–water partition coefficient (Wildman–Crippen LogP) is 4.65. The van der Waals surface area contributed by atoms with Crippen LogP contribution >= 0.6 is 0 Å². The zero-order valence-corrected chi connectivity index (χ0v) is 13.9. The Bertz CT molecular complexity index is 410. The summed E-state index contributed by atoms with van der Waals surface area (Å²) in [5, 5.41) is 3.62. The summed E-state index contributed by atoms with van der Waals surface area (Å²) in [6.45, 7) is 16.9. The summed E-state index contributed by atoms with van der Waals surface area (Å²) in [6, 6.07) is 6.80. The topological polar surface area (TPSA) is 12.0 Å². The highest BCUT2D eigenvalue weighted by molar-refractivity contribution is 5.30. The normalized spacial score (nSPS) is 12.8. The van der Waals surface area contributed by atoms with Crippen LogP contribution in [0.4, 0.5) is 0 Å². The molecular weight excluding hydrogens is 230 g/mol. The van der Waals surface area contributed by atoms with Gasteiger partial charge in [0.25, 0.3) is 0 Å². The summed E-state index contributed by atoms with van der Waals surface area (Å²) in [4.78, 5) is 0. The SMILES string of the molecule is Cc1ccc(CCC(C)(C)CNC(C)(C)C)c(C)c1. The first-order valence-electron chi connectivity index (χ1n) is 7.40. The smallest absolute Gasteiger partial charge is 0.00967 e. The van der Waals surface area contributed by atoms with Crippen molar-refractivity contribution in [2.24, 2.45) is 5.41 Å². The van der Waals surface area contributed by atoms with E-state index >= 15 is 0 Å². The molecule has 0 saturated heterocycles. The Hall–Kier alpha value is -0.820. The van der Waals surface area contributed by atoms with Gasteiger partial charge in [0, 0.05) is 12.1 Å². The Labute approximate surface area is 119 Å². The molecule has 0 unspecified atom stereocenters. The molecular formula is C18H31N. The minimum absolute atomic E-state index is 0.205. The van der Waals surface area contributed by atoms with Crippen molar-refractivity contribution in [1.82, 2.24) is 5.32 Å².